The fraction of sp³-hybridized carbons (Fsp3) is 0.278. The number of nitrogens with zero attached hydrogens (tertiary/aromatic N) is 1. The van der Waals surface area contributed by atoms with Gasteiger partial charge in [-0.3, -0.25) is 14.9 Å². The average molecular weight is 362 g/mol. The number of halogens is 2. The summed E-state index contributed by atoms with van der Waals surface area (Å²) in [5, 5.41) is 13.8. The molecule has 2 aromatic rings. The maximum Gasteiger partial charge on any atom is 0.347 e. The van der Waals surface area contributed by atoms with Crippen LogP contribution in [0.15, 0.2) is 36.4 Å². The van der Waals surface area contributed by atoms with Crippen LogP contribution in [-0.4, -0.2) is 10.8 Å². The number of nitro benzene ring substituents is 1. The molecule has 6 nitrogen and oxygen atoms in total. The minimum Gasteiger partial charge on any atom is -0.450 e. The number of nitro groups is 1. The number of ether oxygens (including phenoxy) is 1. The van der Waals surface area contributed by atoms with Crippen molar-refractivity contribution in [1.29, 1.82) is 0 Å². The number of rotatable bonds is 5. The van der Waals surface area contributed by atoms with Gasteiger partial charge in [-0.2, -0.15) is 4.39 Å². The number of hydrogen-bond donors (Lipinski definition) is 1. The second-order valence-electron chi connectivity index (χ2n) is 6.09. The second kappa shape index (κ2) is 7.47. The van der Waals surface area contributed by atoms with E-state index < -0.39 is 28.0 Å². The third-order valence-corrected chi connectivity index (χ3v) is 4.25. The monoisotopic (exact) mass is 362 g/mol. The quantitative estimate of drug-likeness (QED) is 0.612. The molecule has 0 radical (unpaired) electrons. The highest BCUT2D eigenvalue weighted by molar-refractivity contribution is 5.92. The fourth-order valence-corrected chi connectivity index (χ4v) is 2.96. The van der Waals surface area contributed by atoms with Crippen LogP contribution in [-0.2, 0) is 4.79 Å². The first-order valence-electron chi connectivity index (χ1n) is 8.16. The molecule has 1 aliphatic carbocycles. The van der Waals surface area contributed by atoms with Crippen molar-refractivity contribution in [1.82, 2.24) is 0 Å². The van der Waals surface area contributed by atoms with Gasteiger partial charge >= 0.3 is 5.69 Å². The van der Waals surface area contributed by atoms with Crippen molar-refractivity contribution < 1.29 is 23.2 Å². The lowest BCUT2D eigenvalue weighted by atomic mass is 10.1. The van der Waals surface area contributed by atoms with Crippen molar-refractivity contribution >= 4 is 17.3 Å². The topological polar surface area (TPSA) is 81.5 Å². The molecule has 1 aliphatic rings. The molecule has 0 saturated heterocycles. The van der Waals surface area contributed by atoms with Crippen LogP contribution < -0.4 is 10.1 Å². The van der Waals surface area contributed by atoms with E-state index >= 15 is 0 Å². The Morgan fingerprint density at radius 1 is 1.15 bits per heavy atom. The Labute approximate surface area is 147 Å². The van der Waals surface area contributed by atoms with Crippen LogP contribution in [0.3, 0.4) is 0 Å². The van der Waals surface area contributed by atoms with E-state index in [4.69, 9.17) is 4.74 Å². The molecular weight excluding hydrogens is 346 g/mol. The summed E-state index contributed by atoms with van der Waals surface area (Å²) in [5.74, 6) is -2.70. The van der Waals surface area contributed by atoms with Crippen molar-refractivity contribution in [3.63, 3.8) is 0 Å². The van der Waals surface area contributed by atoms with E-state index in [2.05, 4.69) is 5.32 Å². The van der Waals surface area contributed by atoms with Crippen LogP contribution in [0.2, 0.25) is 0 Å². The number of carbonyl (C=O) groups excluding carboxylic acids is 1. The third-order valence-electron chi connectivity index (χ3n) is 4.25. The van der Waals surface area contributed by atoms with Crippen LogP contribution in [0.1, 0.15) is 25.7 Å². The predicted molar refractivity (Wildman–Crippen MR) is 90.1 cm³/mol. The molecule has 0 aliphatic heterocycles. The van der Waals surface area contributed by atoms with Crippen LogP contribution >= 0.6 is 0 Å². The Bertz CT molecular complexity index is 834. The van der Waals surface area contributed by atoms with E-state index in [1.807, 2.05) is 0 Å². The molecule has 3 rings (SSSR count). The minimum absolute atomic E-state index is 0.0174. The summed E-state index contributed by atoms with van der Waals surface area (Å²) in [6.45, 7) is 0. The Morgan fingerprint density at radius 2 is 1.81 bits per heavy atom. The molecule has 0 bridgehead atoms. The molecule has 1 N–H and O–H groups in total. The van der Waals surface area contributed by atoms with Gasteiger partial charge in [0.15, 0.2) is 0 Å². The zero-order valence-electron chi connectivity index (χ0n) is 13.7. The molecule has 0 spiro atoms. The SMILES string of the molecule is O=C(Nc1ccc(Oc2cc(F)cc(F)c2[N+](=O)[O-])cc1)C1CCCC1. The van der Waals surface area contributed by atoms with Crippen LogP contribution in [0.4, 0.5) is 20.2 Å². The minimum atomic E-state index is -1.31. The largest absolute Gasteiger partial charge is 0.450 e. The standard InChI is InChI=1S/C18H16F2N2O4/c19-12-9-15(20)17(22(24)25)16(10-12)26-14-7-5-13(6-8-14)21-18(23)11-3-1-2-4-11/h5-11H,1-4H2,(H,21,23). The lowest BCUT2D eigenvalue weighted by Crippen LogP contribution is -2.20. The van der Waals surface area contributed by atoms with Crippen molar-refractivity contribution in [2.24, 2.45) is 5.92 Å². The second-order valence-corrected chi connectivity index (χ2v) is 6.09. The van der Waals surface area contributed by atoms with Crippen LogP contribution in [0.25, 0.3) is 0 Å². The van der Waals surface area contributed by atoms with E-state index in [1.54, 1.807) is 12.1 Å². The number of carbonyl (C=O) groups is 1. The normalized spacial score (nSPS) is 14.2. The van der Waals surface area contributed by atoms with E-state index in [1.165, 1.54) is 12.1 Å². The molecule has 1 amide bonds. The first-order chi connectivity index (χ1) is 12.4. The lowest BCUT2D eigenvalue weighted by molar-refractivity contribution is -0.388. The van der Waals surface area contributed by atoms with E-state index in [0.717, 1.165) is 31.7 Å². The summed E-state index contributed by atoms with van der Waals surface area (Å²) in [6.07, 6.45) is 3.85. The van der Waals surface area contributed by atoms with E-state index in [9.17, 15) is 23.7 Å². The highest BCUT2D eigenvalue weighted by Crippen LogP contribution is 2.35. The maximum absolute atomic E-state index is 13.6. The Balaban J connectivity index is 1.73. The van der Waals surface area contributed by atoms with Gasteiger partial charge in [-0.05, 0) is 37.1 Å². The highest BCUT2D eigenvalue weighted by atomic mass is 19.1. The predicted octanol–water partition coefficient (Wildman–Crippen LogP) is 4.79. The highest BCUT2D eigenvalue weighted by Gasteiger charge is 2.24. The molecular formula is C18H16F2N2O4. The molecule has 0 atom stereocenters. The number of nitrogens with one attached hydrogen (secondary N) is 1. The maximum atomic E-state index is 13.6. The number of amides is 1. The Kier molecular flexibility index (Phi) is 5.11. The summed E-state index contributed by atoms with van der Waals surface area (Å²) in [4.78, 5) is 22.1. The molecule has 0 heterocycles. The lowest BCUT2D eigenvalue weighted by Gasteiger charge is -2.11. The summed E-state index contributed by atoms with van der Waals surface area (Å²) < 4.78 is 32.2. The third kappa shape index (κ3) is 3.96. The molecule has 136 valence electrons. The number of anilines is 1. The van der Waals surface area contributed by atoms with Crippen molar-refractivity contribution in [2.45, 2.75) is 25.7 Å². The number of hydrogen-bond acceptors (Lipinski definition) is 4. The van der Waals surface area contributed by atoms with Crippen molar-refractivity contribution in [3.8, 4) is 11.5 Å². The number of benzene rings is 2. The van der Waals surface area contributed by atoms with Gasteiger partial charge < -0.3 is 10.1 Å². The van der Waals surface area contributed by atoms with Gasteiger partial charge in [-0.1, -0.05) is 12.8 Å². The fourth-order valence-electron chi connectivity index (χ4n) is 2.96. The molecule has 2 aromatic carbocycles. The average Bonchev–Trinajstić information content (AvgIpc) is 3.10. The molecule has 1 fully saturated rings. The van der Waals surface area contributed by atoms with Gasteiger partial charge in [0.2, 0.25) is 17.5 Å². The van der Waals surface area contributed by atoms with Crippen molar-refractivity contribution in [3.05, 3.63) is 58.1 Å². The molecule has 26 heavy (non-hydrogen) atoms. The zero-order valence-corrected chi connectivity index (χ0v) is 13.7. The smallest absolute Gasteiger partial charge is 0.347 e. The van der Waals surface area contributed by atoms with Gasteiger partial charge in [-0.25, -0.2) is 4.39 Å². The molecule has 1 saturated carbocycles. The van der Waals surface area contributed by atoms with Crippen LogP contribution in [0.5, 0.6) is 11.5 Å². The van der Waals surface area contributed by atoms with Crippen molar-refractivity contribution in [2.75, 3.05) is 5.32 Å². The van der Waals surface area contributed by atoms with Gasteiger partial charge in [0.25, 0.3) is 0 Å². The molecule has 8 heteroatoms. The van der Waals surface area contributed by atoms with Crippen LogP contribution in [0, 0.1) is 27.7 Å². The van der Waals surface area contributed by atoms with E-state index in [-0.39, 0.29) is 17.6 Å². The molecule has 0 aromatic heterocycles. The van der Waals surface area contributed by atoms with E-state index in [0.29, 0.717) is 11.8 Å². The van der Waals surface area contributed by atoms with Gasteiger partial charge in [-0.15, -0.1) is 0 Å². The summed E-state index contributed by atoms with van der Waals surface area (Å²) in [5.41, 5.74) is -0.390. The van der Waals surface area contributed by atoms with Gasteiger partial charge in [0.1, 0.15) is 11.6 Å². The first-order valence-corrected chi connectivity index (χ1v) is 8.16. The summed E-state index contributed by atoms with van der Waals surface area (Å²) in [6, 6.07) is 7.20. The Morgan fingerprint density at radius 3 is 2.42 bits per heavy atom. The zero-order chi connectivity index (χ0) is 18.7. The van der Waals surface area contributed by atoms with Gasteiger partial charge in [0, 0.05) is 23.7 Å². The summed E-state index contributed by atoms with van der Waals surface area (Å²) in [7, 11) is 0. The Hall–Kier alpha value is -3.03. The van der Waals surface area contributed by atoms with Gasteiger partial charge in [0.05, 0.1) is 4.92 Å². The molecule has 0 unspecified atom stereocenters. The first kappa shape index (κ1) is 17.8. The summed E-state index contributed by atoms with van der Waals surface area (Å²) >= 11 is 0.